The number of β-amino-alcohol motifs (C(OH)–C–C–N with tert-alkyl or cyclic N) is 1. The van der Waals surface area contributed by atoms with Crippen LogP contribution in [0.3, 0.4) is 0 Å². The van der Waals surface area contributed by atoms with Gasteiger partial charge in [-0.3, -0.25) is 4.90 Å². The van der Waals surface area contributed by atoms with Crippen LogP contribution >= 0.6 is 0 Å². The zero-order valence-corrected chi connectivity index (χ0v) is 11.3. The normalized spacial score (nSPS) is 23.7. The average molecular weight is 278 g/mol. The van der Waals surface area contributed by atoms with Crippen molar-refractivity contribution >= 4 is 17.0 Å². The summed E-state index contributed by atoms with van der Waals surface area (Å²) in [5, 5.41) is 9.98. The fourth-order valence-electron chi connectivity index (χ4n) is 2.65. The summed E-state index contributed by atoms with van der Waals surface area (Å²) in [6.45, 7) is 2.59. The van der Waals surface area contributed by atoms with Gasteiger partial charge >= 0.3 is 0 Å². The van der Waals surface area contributed by atoms with Gasteiger partial charge in [-0.05, 0) is 0 Å². The van der Waals surface area contributed by atoms with E-state index in [-0.39, 0.29) is 12.0 Å². The molecule has 0 aliphatic carbocycles. The van der Waals surface area contributed by atoms with Crippen LogP contribution in [0.2, 0.25) is 0 Å². The third kappa shape index (κ3) is 2.33. The van der Waals surface area contributed by atoms with Gasteiger partial charge in [0.25, 0.3) is 0 Å². The number of nitrogens with two attached hydrogens (primary N) is 1. The molecule has 1 saturated heterocycles. The number of imidazole rings is 1. The molecule has 0 spiro atoms. The Kier molecular flexibility index (Phi) is 3.51. The maximum absolute atomic E-state index is 9.98. The highest BCUT2D eigenvalue weighted by Gasteiger charge is 2.31. The highest BCUT2D eigenvalue weighted by molar-refractivity contribution is 5.80. The molecule has 0 bridgehead atoms. The minimum atomic E-state index is -0.357. The molecule has 0 radical (unpaired) electrons. The second-order valence-electron chi connectivity index (χ2n) is 5.11. The topological polar surface area (TPSA) is 102 Å². The Morgan fingerprint density at radius 3 is 3.05 bits per heavy atom. The predicted octanol–water partition coefficient (Wildman–Crippen LogP) is -0.695. The third-order valence-electron chi connectivity index (χ3n) is 3.64. The number of methoxy groups -OCH3 is 1. The van der Waals surface area contributed by atoms with Gasteiger partial charge in [0, 0.05) is 26.1 Å². The van der Waals surface area contributed by atoms with Gasteiger partial charge in [-0.2, -0.15) is 0 Å². The first-order valence-corrected chi connectivity index (χ1v) is 6.49. The van der Waals surface area contributed by atoms with Crippen LogP contribution in [0.25, 0.3) is 11.2 Å². The molecule has 2 aromatic rings. The van der Waals surface area contributed by atoms with Crippen molar-refractivity contribution < 1.29 is 9.84 Å². The van der Waals surface area contributed by atoms with Crippen molar-refractivity contribution in [3.8, 4) is 0 Å². The van der Waals surface area contributed by atoms with Crippen LogP contribution in [0.4, 0.5) is 5.82 Å². The number of anilines is 1. The van der Waals surface area contributed by atoms with E-state index in [1.807, 2.05) is 4.57 Å². The lowest BCUT2D eigenvalue weighted by Gasteiger charge is -2.16. The molecule has 0 amide bonds. The molecule has 8 heteroatoms. The van der Waals surface area contributed by atoms with Gasteiger partial charge in [0.2, 0.25) is 0 Å². The monoisotopic (exact) mass is 278 g/mol. The summed E-state index contributed by atoms with van der Waals surface area (Å²) in [6, 6.07) is 0. The Bertz CT molecular complexity index is 601. The second kappa shape index (κ2) is 5.31. The number of aliphatic hydroxyl groups excluding tert-OH is 1. The lowest BCUT2D eigenvalue weighted by Crippen LogP contribution is -2.25. The molecule has 1 aliphatic heterocycles. The van der Waals surface area contributed by atoms with E-state index < -0.39 is 0 Å². The van der Waals surface area contributed by atoms with Crippen LogP contribution < -0.4 is 5.73 Å². The molecular weight excluding hydrogens is 260 g/mol. The largest absolute Gasteiger partial charge is 0.391 e. The standard InChI is InChI=1S/C12H18N6O2/c1-20-4-8-2-17(3-9(8)19)7-18-6-16-10-11(13)14-5-15-12(10)18/h5-6,8-9,19H,2-4,7H2,1H3,(H2,13,14,15)/t8-,9+/m1/s1. The molecule has 3 heterocycles. The molecular formula is C12H18N6O2. The van der Waals surface area contributed by atoms with E-state index in [2.05, 4.69) is 19.9 Å². The van der Waals surface area contributed by atoms with Crippen LogP contribution in [0.5, 0.6) is 0 Å². The summed E-state index contributed by atoms with van der Waals surface area (Å²) >= 11 is 0. The number of aliphatic hydroxyl groups is 1. The molecule has 0 saturated carbocycles. The van der Waals surface area contributed by atoms with Crippen LogP contribution in [0.1, 0.15) is 0 Å². The van der Waals surface area contributed by atoms with E-state index >= 15 is 0 Å². The van der Waals surface area contributed by atoms with Crippen LogP contribution in [-0.4, -0.2) is 62.4 Å². The molecule has 1 aliphatic rings. The summed E-state index contributed by atoms with van der Waals surface area (Å²) in [5.41, 5.74) is 7.09. The van der Waals surface area contributed by atoms with Gasteiger partial charge in [-0.25, -0.2) is 15.0 Å². The van der Waals surface area contributed by atoms with Gasteiger partial charge in [-0.1, -0.05) is 0 Å². The summed E-state index contributed by atoms with van der Waals surface area (Å²) < 4.78 is 7.03. The number of fused-ring (bicyclic) bond motifs is 1. The van der Waals surface area contributed by atoms with Crippen LogP contribution in [-0.2, 0) is 11.4 Å². The fourth-order valence-corrected chi connectivity index (χ4v) is 2.65. The molecule has 20 heavy (non-hydrogen) atoms. The first-order chi connectivity index (χ1) is 9.69. The number of nitrogens with zero attached hydrogens (tertiary/aromatic N) is 5. The van der Waals surface area contributed by atoms with Crippen molar-refractivity contribution in [1.29, 1.82) is 0 Å². The highest BCUT2D eigenvalue weighted by Crippen LogP contribution is 2.20. The third-order valence-corrected chi connectivity index (χ3v) is 3.64. The number of rotatable bonds is 4. The molecule has 1 fully saturated rings. The number of ether oxygens (including phenoxy) is 1. The van der Waals surface area contributed by atoms with Crippen molar-refractivity contribution in [2.45, 2.75) is 12.8 Å². The van der Waals surface area contributed by atoms with E-state index in [9.17, 15) is 5.11 Å². The van der Waals surface area contributed by atoms with E-state index in [0.29, 0.717) is 36.8 Å². The van der Waals surface area contributed by atoms with Crippen molar-refractivity contribution in [2.75, 3.05) is 32.5 Å². The van der Waals surface area contributed by atoms with Gasteiger partial charge in [-0.15, -0.1) is 0 Å². The first kappa shape index (κ1) is 13.2. The maximum Gasteiger partial charge on any atom is 0.166 e. The average Bonchev–Trinajstić information content (AvgIpc) is 2.97. The van der Waals surface area contributed by atoms with Crippen molar-refractivity contribution in [2.24, 2.45) is 5.92 Å². The molecule has 3 N–H and O–H groups in total. The number of aromatic nitrogens is 4. The van der Waals surface area contributed by atoms with Gasteiger partial charge in [0.15, 0.2) is 11.5 Å². The Morgan fingerprint density at radius 2 is 2.25 bits per heavy atom. The summed E-state index contributed by atoms with van der Waals surface area (Å²) in [6.07, 6.45) is 2.78. The quantitative estimate of drug-likeness (QED) is 0.762. The summed E-state index contributed by atoms with van der Waals surface area (Å²) in [5.74, 6) is 0.530. The molecule has 0 aromatic carbocycles. The number of likely N-dealkylation sites (tertiary alicyclic amines) is 1. The number of nitrogen functional groups attached to an aromatic ring is 1. The van der Waals surface area contributed by atoms with Gasteiger partial charge in [0.1, 0.15) is 11.8 Å². The molecule has 8 nitrogen and oxygen atoms in total. The first-order valence-electron chi connectivity index (χ1n) is 6.49. The van der Waals surface area contributed by atoms with Crippen LogP contribution in [0.15, 0.2) is 12.7 Å². The fraction of sp³-hybridized carbons (Fsp3) is 0.583. The minimum Gasteiger partial charge on any atom is -0.391 e. The molecule has 0 unspecified atom stereocenters. The molecule has 2 aromatic heterocycles. The zero-order valence-electron chi connectivity index (χ0n) is 11.3. The van der Waals surface area contributed by atoms with Crippen molar-refractivity contribution in [1.82, 2.24) is 24.4 Å². The SMILES string of the molecule is COC[C@H]1CN(Cn2cnc3c(N)ncnc32)C[C@@H]1O. The molecule has 3 rings (SSSR count). The number of hydrogen-bond acceptors (Lipinski definition) is 7. The van der Waals surface area contributed by atoms with Gasteiger partial charge in [0.05, 0.1) is 25.7 Å². The zero-order chi connectivity index (χ0) is 14.1. The highest BCUT2D eigenvalue weighted by atomic mass is 16.5. The van der Waals surface area contributed by atoms with Crippen molar-refractivity contribution in [3.05, 3.63) is 12.7 Å². The smallest absolute Gasteiger partial charge is 0.166 e. The van der Waals surface area contributed by atoms with Crippen molar-refractivity contribution in [3.63, 3.8) is 0 Å². The van der Waals surface area contributed by atoms with E-state index in [1.165, 1.54) is 6.33 Å². The molecule has 108 valence electrons. The maximum atomic E-state index is 9.98. The van der Waals surface area contributed by atoms with Crippen LogP contribution in [0, 0.1) is 5.92 Å². The minimum absolute atomic E-state index is 0.148. The lowest BCUT2D eigenvalue weighted by molar-refractivity contribution is 0.0790. The summed E-state index contributed by atoms with van der Waals surface area (Å²) in [4.78, 5) is 14.5. The van der Waals surface area contributed by atoms with E-state index in [1.54, 1.807) is 13.4 Å². The lowest BCUT2D eigenvalue weighted by atomic mass is 10.1. The second-order valence-corrected chi connectivity index (χ2v) is 5.11. The molecule has 2 atom stereocenters. The Hall–Kier alpha value is -1.77. The number of hydrogen-bond donors (Lipinski definition) is 2. The van der Waals surface area contributed by atoms with E-state index in [4.69, 9.17) is 10.5 Å². The van der Waals surface area contributed by atoms with Gasteiger partial charge < -0.3 is 20.1 Å². The predicted molar refractivity (Wildman–Crippen MR) is 72.7 cm³/mol. The van der Waals surface area contributed by atoms with E-state index in [0.717, 1.165) is 6.54 Å². The Balaban J connectivity index is 1.76. The Morgan fingerprint density at radius 1 is 1.40 bits per heavy atom. The summed E-state index contributed by atoms with van der Waals surface area (Å²) in [7, 11) is 1.65. The Labute approximate surface area is 116 Å².